The molecule has 0 amide bonds. The van der Waals surface area contributed by atoms with Crippen molar-refractivity contribution in [3.63, 3.8) is 0 Å². The molecule has 0 aromatic heterocycles. The van der Waals surface area contributed by atoms with Gasteiger partial charge in [-0.25, -0.2) is 0 Å². The first kappa shape index (κ1) is 36.7. The molecule has 10 heteroatoms. The van der Waals surface area contributed by atoms with E-state index in [1.54, 1.807) is 26.0 Å². The Hall–Kier alpha value is -3.17. The van der Waals surface area contributed by atoms with Crippen LogP contribution in [0.3, 0.4) is 0 Å². The Morgan fingerprint density at radius 2 is 1.40 bits per heavy atom. The molecule has 1 aliphatic rings. The second-order valence-electron chi connectivity index (χ2n) is 13.0. The molecule has 254 valence electrons. The van der Waals surface area contributed by atoms with E-state index in [9.17, 15) is 5.11 Å². The molecular formula is C37H48O8SSi. The second kappa shape index (κ2) is 15.4. The number of hydrogen-bond donors (Lipinski definition) is 1. The fraction of sp³-hybridized carbons (Fsp3) is 0.459. The molecule has 0 saturated carbocycles. The van der Waals surface area contributed by atoms with Crippen LogP contribution in [0.15, 0.2) is 71.6 Å². The molecule has 1 aliphatic heterocycles. The molecule has 1 N–H and O–H groups in total. The average molecular weight is 681 g/mol. The van der Waals surface area contributed by atoms with E-state index in [1.807, 2.05) is 80.6 Å². The van der Waals surface area contributed by atoms with Gasteiger partial charge in [0.2, 0.25) is 0 Å². The molecule has 0 saturated heterocycles. The first-order valence-electron chi connectivity index (χ1n) is 15.6. The third-order valence-electron chi connectivity index (χ3n) is 9.24. The lowest BCUT2D eigenvalue weighted by Crippen LogP contribution is -2.53. The molecule has 4 rings (SSSR count). The van der Waals surface area contributed by atoms with Gasteiger partial charge in [0.1, 0.15) is 46.2 Å². The molecule has 0 radical (unpaired) electrons. The highest BCUT2D eigenvalue weighted by atomic mass is 32.2. The molecular weight excluding hydrogens is 633 g/mol. The predicted octanol–water partition coefficient (Wildman–Crippen LogP) is 5.85. The zero-order chi connectivity index (χ0) is 34.3. The zero-order valence-corrected chi connectivity index (χ0v) is 31.8. The second-order valence-corrected chi connectivity index (χ2v) is 14.4. The smallest absolute Gasteiger partial charge is 0.188 e. The van der Waals surface area contributed by atoms with Crippen molar-refractivity contribution < 1.29 is 38.0 Å². The molecule has 8 nitrogen and oxygen atoms in total. The van der Waals surface area contributed by atoms with Crippen molar-refractivity contribution in [2.45, 2.75) is 69.2 Å². The number of ether oxygens (including phenoxy) is 6. The highest BCUT2D eigenvalue weighted by molar-refractivity contribution is 7.99. The van der Waals surface area contributed by atoms with Crippen molar-refractivity contribution in [3.05, 3.63) is 77.9 Å². The lowest BCUT2D eigenvalue weighted by atomic mass is 9.66. The summed E-state index contributed by atoms with van der Waals surface area (Å²) in [5, 5.41) is 12.6. The van der Waals surface area contributed by atoms with Crippen LogP contribution in [0, 0.1) is 17.3 Å². The van der Waals surface area contributed by atoms with Gasteiger partial charge in [0, 0.05) is 35.8 Å². The summed E-state index contributed by atoms with van der Waals surface area (Å²) in [6.07, 6.45) is -0.152. The van der Waals surface area contributed by atoms with E-state index in [-0.39, 0.29) is 31.7 Å². The lowest BCUT2D eigenvalue weighted by Gasteiger charge is -2.46. The molecule has 3 aromatic carbocycles. The van der Waals surface area contributed by atoms with Crippen molar-refractivity contribution >= 4 is 22.2 Å². The highest BCUT2D eigenvalue weighted by Crippen LogP contribution is 2.53. The van der Waals surface area contributed by atoms with E-state index < -0.39 is 16.6 Å². The van der Waals surface area contributed by atoms with Crippen molar-refractivity contribution in [1.29, 1.82) is 0 Å². The van der Waals surface area contributed by atoms with Crippen LogP contribution in [-0.2, 0) is 24.9 Å². The maximum atomic E-state index is 12.6. The minimum atomic E-state index is -1.52. The van der Waals surface area contributed by atoms with E-state index in [4.69, 9.17) is 32.8 Å². The Bertz CT molecular complexity index is 1530. The summed E-state index contributed by atoms with van der Waals surface area (Å²) in [7, 11) is 3.78. The fourth-order valence-corrected chi connectivity index (χ4v) is 7.94. The van der Waals surface area contributed by atoms with Gasteiger partial charge in [-0.2, -0.15) is 0 Å². The summed E-state index contributed by atoms with van der Waals surface area (Å²) >= 11 is 1.66. The van der Waals surface area contributed by atoms with Crippen molar-refractivity contribution in [2.75, 3.05) is 40.2 Å². The number of aliphatic hydroxyl groups is 1. The maximum absolute atomic E-state index is 12.6. The van der Waals surface area contributed by atoms with E-state index in [0.29, 0.717) is 39.1 Å². The lowest BCUT2D eigenvalue weighted by molar-refractivity contribution is -0.0876. The van der Waals surface area contributed by atoms with E-state index in [2.05, 4.69) is 39.5 Å². The molecule has 47 heavy (non-hydrogen) atoms. The number of benzene rings is 3. The summed E-state index contributed by atoms with van der Waals surface area (Å²) in [5.74, 6) is 9.64. The monoisotopic (exact) mass is 680 g/mol. The average Bonchev–Trinajstić information content (AvgIpc) is 3.06. The van der Waals surface area contributed by atoms with Gasteiger partial charge in [-0.1, -0.05) is 57.7 Å². The summed E-state index contributed by atoms with van der Waals surface area (Å²) < 4.78 is 39.7. The summed E-state index contributed by atoms with van der Waals surface area (Å²) in [6.45, 7) is 13.1. The van der Waals surface area contributed by atoms with Crippen LogP contribution in [0.2, 0.25) is 0 Å². The molecule has 0 spiro atoms. The molecule has 4 atom stereocenters. The standard InChI is InChI=1S/C37H48O8SSi/c1-26(36(6,45-47)34(2,3)4)44-30-16-14-28(15-17-30)41-21-9-20-37(38)32-19-18-31(43-25-40-8)22-33(32)46-23-35(37,5)27-10-12-29(13-11-27)42-24-39-7/h10-19,22,26,38H,21,23-25H2,1-8,47H3. The van der Waals surface area contributed by atoms with Crippen LogP contribution in [0.1, 0.15) is 52.7 Å². The zero-order valence-electron chi connectivity index (χ0n) is 29.0. The van der Waals surface area contributed by atoms with Crippen molar-refractivity contribution in [3.8, 4) is 34.8 Å². The number of methoxy groups -OCH3 is 2. The Kier molecular flexibility index (Phi) is 12.0. The highest BCUT2D eigenvalue weighted by Gasteiger charge is 2.52. The third-order valence-corrected chi connectivity index (χ3v) is 11.5. The molecule has 4 unspecified atom stereocenters. The van der Waals surface area contributed by atoms with Crippen molar-refractivity contribution in [2.24, 2.45) is 5.41 Å². The minimum absolute atomic E-state index is 0.0877. The molecule has 0 aliphatic carbocycles. The normalized spacial score (nSPS) is 21.0. The fourth-order valence-electron chi connectivity index (χ4n) is 5.60. The molecule has 3 aromatic rings. The van der Waals surface area contributed by atoms with Crippen molar-refractivity contribution in [1.82, 2.24) is 0 Å². The Morgan fingerprint density at radius 1 is 0.851 bits per heavy atom. The minimum Gasteiger partial charge on any atom is -0.488 e. The van der Waals surface area contributed by atoms with Crippen LogP contribution in [-0.4, -0.2) is 67.5 Å². The number of thioether (sulfide) groups is 1. The Balaban J connectivity index is 1.56. The van der Waals surface area contributed by atoms with Gasteiger partial charge in [0.15, 0.2) is 19.2 Å². The Morgan fingerprint density at radius 3 is 2.00 bits per heavy atom. The number of hydrogen-bond acceptors (Lipinski definition) is 9. The predicted molar refractivity (Wildman–Crippen MR) is 189 cm³/mol. The van der Waals surface area contributed by atoms with Gasteiger partial charge < -0.3 is 38.0 Å². The van der Waals surface area contributed by atoms with Crippen LogP contribution in [0.25, 0.3) is 0 Å². The first-order chi connectivity index (χ1) is 22.3. The molecule has 0 bridgehead atoms. The summed E-state index contributed by atoms with van der Waals surface area (Å²) in [6, 6.07) is 20.8. The summed E-state index contributed by atoms with van der Waals surface area (Å²) in [5.41, 5.74) is -1.15. The number of rotatable bonds is 13. The summed E-state index contributed by atoms with van der Waals surface area (Å²) in [4.78, 5) is 0.900. The van der Waals surface area contributed by atoms with Gasteiger partial charge >= 0.3 is 0 Å². The van der Waals surface area contributed by atoms with Gasteiger partial charge in [-0.3, -0.25) is 0 Å². The van der Waals surface area contributed by atoms with Crippen LogP contribution >= 0.6 is 11.8 Å². The van der Waals surface area contributed by atoms with Crippen LogP contribution in [0.5, 0.6) is 23.0 Å². The quantitative estimate of drug-likeness (QED) is 0.136. The Labute approximate surface area is 286 Å². The van der Waals surface area contributed by atoms with Gasteiger partial charge in [-0.15, -0.1) is 11.8 Å². The topological polar surface area (TPSA) is 84.8 Å². The van der Waals surface area contributed by atoms with Gasteiger partial charge in [0.25, 0.3) is 0 Å². The molecule has 1 heterocycles. The van der Waals surface area contributed by atoms with Gasteiger partial charge in [0.05, 0.1) is 5.60 Å². The largest absolute Gasteiger partial charge is 0.488 e. The first-order valence-corrected chi connectivity index (χ1v) is 17.4. The SMILES string of the molecule is COCOc1ccc(C2(C)CSc3cc(OCOC)ccc3C2(O)C#CCOc2ccc(OC(C)C(C)(O[SiH3])C(C)(C)C)cc2)cc1. The van der Waals surface area contributed by atoms with E-state index in [1.165, 1.54) is 0 Å². The maximum Gasteiger partial charge on any atom is 0.188 e. The van der Waals surface area contributed by atoms with E-state index in [0.717, 1.165) is 16.2 Å². The number of fused-ring (bicyclic) bond motifs is 1. The van der Waals surface area contributed by atoms with Crippen LogP contribution in [0.4, 0.5) is 0 Å². The molecule has 0 fully saturated rings. The van der Waals surface area contributed by atoms with Crippen LogP contribution < -0.4 is 18.9 Å². The van der Waals surface area contributed by atoms with Gasteiger partial charge in [-0.05, 0) is 73.4 Å². The third kappa shape index (κ3) is 7.94. The van der Waals surface area contributed by atoms with E-state index >= 15 is 0 Å².